The van der Waals surface area contributed by atoms with Crippen molar-refractivity contribution in [1.29, 1.82) is 0 Å². The highest BCUT2D eigenvalue weighted by atomic mass is 16.5. The zero-order valence-electron chi connectivity index (χ0n) is 17.5. The molecule has 0 aliphatic rings. The second-order valence-corrected chi connectivity index (χ2v) is 7.13. The van der Waals surface area contributed by atoms with E-state index in [2.05, 4.69) is 20.5 Å². The number of para-hydroxylation sites is 1. The van der Waals surface area contributed by atoms with E-state index >= 15 is 0 Å². The number of amides is 1. The van der Waals surface area contributed by atoms with Gasteiger partial charge in [-0.15, -0.1) is 5.10 Å². The summed E-state index contributed by atoms with van der Waals surface area (Å²) >= 11 is 0. The number of nitrogens with one attached hydrogen (secondary N) is 1. The van der Waals surface area contributed by atoms with E-state index in [-0.39, 0.29) is 11.9 Å². The molecule has 0 spiro atoms. The normalized spacial score (nSPS) is 12.3. The third kappa shape index (κ3) is 5.78. The molecule has 1 atom stereocenters. The highest BCUT2D eigenvalue weighted by Gasteiger charge is 2.18. The van der Waals surface area contributed by atoms with E-state index < -0.39 is 0 Å². The first kappa shape index (κ1) is 21.3. The number of methoxy groups -OCH3 is 1. The number of benzene rings is 2. The molecular formula is C23H27N5O2. The van der Waals surface area contributed by atoms with Gasteiger partial charge in [0.15, 0.2) is 0 Å². The van der Waals surface area contributed by atoms with Crippen LogP contribution in [0.2, 0.25) is 0 Å². The lowest BCUT2D eigenvalue weighted by atomic mass is 10.0. The van der Waals surface area contributed by atoms with Gasteiger partial charge in [0, 0.05) is 18.2 Å². The van der Waals surface area contributed by atoms with Gasteiger partial charge >= 0.3 is 0 Å². The summed E-state index contributed by atoms with van der Waals surface area (Å²) in [5.74, 6) is 0.616. The number of hydrogen-bond donors (Lipinski definition) is 1. The molecular weight excluding hydrogens is 378 g/mol. The smallest absolute Gasteiger partial charge is 0.244 e. The van der Waals surface area contributed by atoms with Crippen LogP contribution in [0.5, 0.6) is 5.75 Å². The minimum absolute atomic E-state index is 0.00903. The molecule has 7 nitrogen and oxygen atoms in total. The van der Waals surface area contributed by atoms with E-state index in [0.29, 0.717) is 18.8 Å². The number of ether oxygens (including phenoxy) is 1. The number of aromatic nitrogens is 3. The van der Waals surface area contributed by atoms with Crippen LogP contribution in [0.4, 0.5) is 0 Å². The predicted molar refractivity (Wildman–Crippen MR) is 117 cm³/mol. The molecule has 2 aromatic carbocycles. The SMILES string of the molecule is COc1ccccc1[C@@H](CNC(=O)/C=C\c1cn(Cc2ccccc2)nn1)N(C)C. The van der Waals surface area contributed by atoms with Gasteiger partial charge in [0.05, 0.1) is 25.9 Å². The molecule has 0 radical (unpaired) electrons. The predicted octanol–water partition coefficient (Wildman–Crippen LogP) is 2.77. The highest BCUT2D eigenvalue weighted by molar-refractivity contribution is 5.91. The Balaban J connectivity index is 1.57. The molecule has 0 saturated heterocycles. The first-order valence-electron chi connectivity index (χ1n) is 9.76. The fourth-order valence-electron chi connectivity index (χ4n) is 3.17. The summed E-state index contributed by atoms with van der Waals surface area (Å²) in [6.07, 6.45) is 4.96. The van der Waals surface area contributed by atoms with E-state index in [0.717, 1.165) is 16.9 Å². The van der Waals surface area contributed by atoms with Crippen LogP contribution in [0.15, 0.2) is 66.9 Å². The van der Waals surface area contributed by atoms with Crippen molar-refractivity contribution in [2.24, 2.45) is 0 Å². The molecule has 1 amide bonds. The summed E-state index contributed by atoms with van der Waals surface area (Å²) in [7, 11) is 5.60. The highest BCUT2D eigenvalue weighted by Crippen LogP contribution is 2.27. The Morgan fingerprint density at radius 2 is 1.90 bits per heavy atom. The van der Waals surface area contributed by atoms with E-state index in [4.69, 9.17) is 4.74 Å². The molecule has 1 heterocycles. The third-order valence-electron chi connectivity index (χ3n) is 4.74. The lowest BCUT2D eigenvalue weighted by Gasteiger charge is -2.26. The Labute approximate surface area is 177 Å². The maximum atomic E-state index is 12.3. The summed E-state index contributed by atoms with van der Waals surface area (Å²) in [5.41, 5.74) is 2.80. The van der Waals surface area contributed by atoms with E-state index in [9.17, 15) is 4.79 Å². The van der Waals surface area contributed by atoms with Gasteiger partial charge in [0.25, 0.3) is 0 Å². The Morgan fingerprint density at radius 3 is 2.63 bits per heavy atom. The van der Waals surface area contributed by atoms with Crippen LogP contribution in [-0.2, 0) is 11.3 Å². The molecule has 0 saturated carbocycles. The van der Waals surface area contributed by atoms with Crippen molar-refractivity contribution in [2.45, 2.75) is 12.6 Å². The molecule has 0 aliphatic heterocycles. The quantitative estimate of drug-likeness (QED) is 0.554. The first-order chi connectivity index (χ1) is 14.6. The van der Waals surface area contributed by atoms with Crippen molar-refractivity contribution < 1.29 is 9.53 Å². The van der Waals surface area contributed by atoms with Crippen LogP contribution >= 0.6 is 0 Å². The Bertz CT molecular complexity index is 982. The molecule has 0 aliphatic carbocycles. The van der Waals surface area contributed by atoms with Gasteiger partial charge in [-0.3, -0.25) is 4.79 Å². The second-order valence-electron chi connectivity index (χ2n) is 7.13. The summed E-state index contributed by atoms with van der Waals surface area (Å²) in [6.45, 7) is 1.09. The largest absolute Gasteiger partial charge is 0.496 e. The minimum Gasteiger partial charge on any atom is -0.496 e. The lowest BCUT2D eigenvalue weighted by Crippen LogP contribution is -2.33. The van der Waals surface area contributed by atoms with E-state index in [1.54, 1.807) is 17.9 Å². The molecule has 0 unspecified atom stereocenters. The summed E-state index contributed by atoms with van der Waals surface area (Å²) in [5, 5.41) is 11.2. The van der Waals surface area contributed by atoms with Crippen molar-refractivity contribution in [3.63, 3.8) is 0 Å². The molecule has 1 aromatic heterocycles. The molecule has 1 N–H and O–H groups in total. The molecule has 156 valence electrons. The summed E-state index contributed by atoms with van der Waals surface area (Å²) in [6, 6.07) is 17.9. The van der Waals surface area contributed by atoms with Crippen LogP contribution in [0, 0.1) is 0 Å². The summed E-state index contributed by atoms with van der Waals surface area (Å²) in [4.78, 5) is 14.4. The molecule has 3 rings (SSSR count). The average Bonchev–Trinajstić information content (AvgIpc) is 3.20. The number of likely N-dealkylation sites (N-methyl/N-ethyl adjacent to an activating group) is 1. The van der Waals surface area contributed by atoms with Gasteiger partial charge in [-0.2, -0.15) is 0 Å². The fraction of sp³-hybridized carbons (Fsp3) is 0.261. The minimum atomic E-state index is -0.186. The van der Waals surface area contributed by atoms with Gasteiger partial charge < -0.3 is 15.0 Å². The number of nitrogens with zero attached hydrogens (tertiary/aromatic N) is 4. The van der Waals surface area contributed by atoms with Crippen molar-refractivity contribution in [2.75, 3.05) is 27.7 Å². The number of hydrogen-bond acceptors (Lipinski definition) is 5. The first-order valence-corrected chi connectivity index (χ1v) is 9.76. The van der Waals surface area contributed by atoms with E-state index in [1.807, 2.05) is 74.9 Å². The van der Waals surface area contributed by atoms with Crippen LogP contribution in [0.1, 0.15) is 22.9 Å². The topological polar surface area (TPSA) is 72.3 Å². The number of rotatable bonds is 9. The van der Waals surface area contributed by atoms with Gasteiger partial charge in [0.2, 0.25) is 5.91 Å². The van der Waals surface area contributed by atoms with Crippen LogP contribution in [0.25, 0.3) is 6.08 Å². The van der Waals surface area contributed by atoms with Crippen LogP contribution in [-0.4, -0.2) is 53.6 Å². The zero-order chi connectivity index (χ0) is 21.3. The van der Waals surface area contributed by atoms with Gasteiger partial charge in [-0.1, -0.05) is 53.7 Å². The molecule has 0 fully saturated rings. The molecule has 7 heteroatoms. The fourth-order valence-corrected chi connectivity index (χ4v) is 3.17. The van der Waals surface area contributed by atoms with E-state index in [1.165, 1.54) is 6.08 Å². The standard InChI is InChI=1S/C23H27N5O2/c1-27(2)21(20-11-7-8-12-22(20)30-3)15-24-23(29)14-13-19-17-28(26-25-19)16-18-9-5-4-6-10-18/h4-14,17,21H,15-16H2,1-3H3,(H,24,29)/b14-13-/t21-/m1/s1. The van der Waals surface area contributed by atoms with Gasteiger partial charge in [0.1, 0.15) is 11.4 Å². The summed E-state index contributed by atoms with van der Waals surface area (Å²) < 4.78 is 7.21. The van der Waals surface area contributed by atoms with Crippen molar-refractivity contribution in [3.8, 4) is 5.75 Å². The average molecular weight is 406 g/mol. The van der Waals surface area contributed by atoms with Crippen molar-refractivity contribution in [3.05, 3.63) is 83.7 Å². The van der Waals surface area contributed by atoms with Crippen LogP contribution in [0.3, 0.4) is 0 Å². The lowest BCUT2D eigenvalue weighted by molar-refractivity contribution is -0.116. The maximum Gasteiger partial charge on any atom is 0.244 e. The van der Waals surface area contributed by atoms with Gasteiger partial charge in [-0.05, 0) is 31.8 Å². The number of carbonyl (C=O) groups excluding carboxylic acids is 1. The van der Waals surface area contributed by atoms with Crippen LogP contribution < -0.4 is 10.1 Å². The number of carbonyl (C=O) groups is 1. The van der Waals surface area contributed by atoms with Gasteiger partial charge in [-0.25, -0.2) is 4.68 Å². The molecule has 0 bridgehead atoms. The maximum absolute atomic E-state index is 12.3. The third-order valence-corrected chi connectivity index (χ3v) is 4.74. The van der Waals surface area contributed by atoms with Crippen molar-refractivity contribution >= 4 is 12.0 Å². The Morgan fingerprint density at radius 1 is 1.17 bits per heavy atom. The Hall–Kier alpha value is -3.45. The Kier molecular flexibility index (Phi) is 7.34. The van der Waals surface area contributed by atoms with Crippen molar-refractivity contribution in [1.82, 2.24) is 25.2 Å². The monoisotopic (exact) mass is 405 g/mol. The second kappa shape index (κ2) is 10.4. The molecule has 30 heavy (non-hydrogen) atoms. The molecule has 3 aromatic rings. The zero-order valence-corrected chi connectivity index (χ0v) is 17.5.